The van der Waals surface area contributed by atoms with Crippen LogP contribution in [0.3, 0.4) is 0 Å². The van der Waals surface area contributed by atoms with Gasteiger partial charge < -0.3 is 4.74 Å². The molecule has 0 aromatic carbocycles. The van der Waals surface area contributed by atoms with Gasteiger partial charge in [-0.1, -0.05) is 13.8 Å². The van der Waals surface area contributed by atoms with E-state index >= 15 is 0 Å². The van der Waals surface area contributed by atoms with Crippen molar-refractivity contribution in [2.24, 2.45) is 5.92 Å². The van der Waals surface area contributed by atoms with Crippen LogP contribution in [0.2, 0.25) is 0 Å². The van der Waals surface area contributed by atoms with E-state index in [1.807, 2.05) is 19.3 Å². The van der Waals surface area contributed by atoms with E-state index in [9.17, 15) is 0 Å². The Kier molecular flexibility index (Phi) is 3.37. The van der Waals surface area contributed by atoms with Crippen LogP contribution in [-0.4, -0.2) is 17.1 Å². The maximum Gasteiger partial charge on any atom is 0.125 e. The van der Waals surface area contributed by atoms with Gasteiger partial charge in [0.25, 0.3) is 0 Å². The lowest BCUT2D eigenvalue weighted by atomic mass is 10.0. The first-order chi connectivity index (χ1) is 6.15. The summed E-state index contributed by atoms with van der Waals surface area (Å²) in [6.07, 6.45) is 3.76. The summed E-state index contributed by atoms with van der Waals surface area (Å²) in [6.45, 7) is 6.11. The fourth-order valence-electron chi connectivity index (χ4n) is 1.34. The summed E-state index contributed by atoms with van der Waals surface area (Å²) in [4.78, 5) is 8.28. The van der Waals surface area contributed by atoms with Crippen molar-refractivity contribution in [3.8, 4) is 0 Å². The molecule has 0 aliphatic carbocycles. The molecule has 1 atom stereocenters. The van der Waals surface area contributed by atoms with Gasteiger partial charge in [-0.15, -0.1) is 0 Å². The zero-order valence-electron chi connectivity index (χ0n) is 8.61. The van der Waals surface area contributed by atoms with E-state index in [0.29, 0.717) is 5.92 Å². The zero-order chi connectivity index (χ0) is 9.84. The summed E-state index contributed by atoms with van der Waals surface area (Å²) in [6, 6.07) is 0. The minimum absolute atomic E-state index is 0.0978. The molecule has 13 heavy (non-hydrogen) atoms. The number of aryl methyl sites for hydroxylation is 1. The lowest BCUT2D eigenvalue weighted by Gasteiger charge is -2.18. The van der Waals surface area contributed by atoms with E-state index in [2.05, 4.69) is 23.8 Å². The monoisotopic (exact) mass is 180 g/mol. The van der Waals surface area contributed by atoms with Gasteiger partial charge in [-0.05, 0) is 12.8 Å². The van der Waals surface area contributed by atoms with E-state index in [4.69, 9.17) is 4.74 Å². The SMILES string of the molecule is CO[C@H](c1cnc(C)nc1)C(C)C. The van der Waals surface area contributed by atoms with Crippen LogP contribution in [-0.2, 0) is 4.74 Å². The second-order valence-corrected chi connectivity index (χ2v) is 3.46. The summed E-state index contributed by atoms with van der Waals surface area (Å²) < 4.78 is 5.36. The average molecular weight is 180 g/mol. The highest BCUT2D eigenvalue weighted by Crippen LogP contribution is 2.23. The molecule has 0 N–H and O–H groups in total. The van der Waals surface area contributed by atoms with Gasteiger partial charge in [0.15, 0.2) is 0 Å². The minimum Gasteiger partial charge on any atom is -0.376 e. The first-order valence-corrected chi connectivity index (χ1v) is 4.46. The molecule has 0 spiro atoms. The summed E-state index contributed by atoms with van der Waals surface area (Å²) >= 11 is 0. The van der Waals surface area contributed by atoms with Gasteiger partial charge in [0.05, 0.1) is 6.10 Å². The van der Waals surface area contributed by atoms with Gasteiger partial charge in [-0.25, -0.2) is 9.97 Å². The van der Waals surface area contributed by atoms with E-state index in [0.717, 1.165) is 11.4 Å². The van der Waals surface area contributed by atoms with E-state index in [1.165, 1.54) is 0 Å². The molecule has 0 aliphatic rings. The summed E-state index contributed by atoms with van der Waals surface area (Å²) in [5, 5.41) is 0. The van der Waals surface area contributed by atoms with Gasteiger partial charge in [0, 0.05) is 25.1 Å². The Morgan fingerprint density at radius 2 is 1.77 bits per heavy atom. The first-order valence-electron chi connectivity index (χ1n) is 4.46. The molecule has 0 bridgehead atoms. The molecular weight excluding hydrogens is 164 g/mol. The van der Waals surface area contributed by atoms with Crippen molar-refractivity contribution in [3.05, 3.63) is 23.8 Å². The Morgan fingerprint density at radius 3 is 2.15 bits per heavy atom. The number of aromatic nitrogens is 2. The lowest BCUT2D eigenvalue weighted by Crippen LogP contribution is -2.09. The molecule has 3 nitrogen and oxygen atoms in total. The van der Waals surface area contributed by atoms with Crippen LogP contribution < -0.4 is 0 Å². The molecule has 1 heterocycles. The quantitative estimate of drug-likeness (QED) is 0.714. The highest BCUT2D eigenvalue weighted by molar-refractivity contribution is 5.09. The fraction of sp³-hybridized carbons (Fsp3) is 0.600. The van der Waals surface area contributed by atoms with Crippen LogP contribution in [0.15, 0.2) is 12.4 Å². The Balaban J connectivity index is 2.86. The van der Waals surface area contributed by atoms with Crippen molar-refractivity contribution < 1.29 is 4.74 Å². The number of ether oxygens (including phenoxy) is 1. The summed E-state index contributed by atoms with van der Waals surface area (Å²) in [5.41, 5.74) is 1.04. The first kappa shape index (κ1) is 10.1. The molecule has 0 amide bonds. The van der Waals surface area contributed by atoms with Crippen LogP contribution in [0.1, 0.15) is 31.3 Å². The van der Waals surface area contributed by atoms with Crippen molar-refractivity contribution in [3.63, 3.8) is 0 Å². The Morgan fingerprint density at radius 1 is 1.23 bits per heavy atom. The van der Waals surface area contributed by atoms with Crippen LogP contribution in [0.25, 0.3) is 0 Å². The van der Waals surface area contributed by atoms with Crippen LogP contribution in [0, 0.1) is 12.8 Å². The minimum atomic E-state index is 0.0978. The van der Waals surface area contributed by atoms with Gasteiger partial charge in [-0.2, -0.15) is 0 Å². The van der Waals surface area contributed by atoms with E-state index < -0.39 is 0 Å². The van der Waals surface area contributed by atoms with Crippen molar-refractivity contribution in [1.29, 1.82) is 0 Å². The molecule has 0 saturated carbocycles. The highest BCUT2D eigenvalue weighted by atomic mass is 16.5. The van der Waals surface area contributed by atoms with Crippen LogP contribution in [0.4, 0.5) is 0 Å². The second kappa shape index (κ2) is 4.33. The summed E-state index contributed by atoms with van der Waals surface area (Å²) in [5.74, 6) is 1.23. The number of methoxy groups -OCH3 is 1. The maximum atomic E-state index is 5.36. The molecule has 0 fully saturated rings. The topological polar surface area (TPSA) is 35.0 Å². The smallest absolute Gasteiger partial charge is 0.125 e. The molecule has 0 radical (unpaired) electrons. The molecule has 1 aromatic rings. The standard InChI is InChI=1S/C10H16N2O/c1-7(2)10(13-4)9-5-11-8(3)12-6-9/h5-7,10H,1-4H3/t10-/m0/s1. The third kappa shape index (κ3) is 2.49. The average Bonchev–Trinajstić information content (AvgIpc) is 2.09. The molecule has 0 saturated heterocycles. The lowest BCUT2D eigenvalue weighted by molar-refractivity contribution is 0.0640. The fourth-order valence-corrected chi connectivity index (χ4v) is 1.34. The molecule has 1 aromatic heterocycles. The van der Waals surface area contributed by atoms with E-state index in [1.54, 1.807) is 7.11 Å². The van der Waals surface area contributed by atoms with Crippen LogP contribution in [0.5, 0.6) is 0 Å². The predicted octanol–water partition coefficient (Wildman–Crippen LogP) is 2.13. The molecule has 3 heteroatoms. The Hall–Kier alpha value is -0.960. The molecule has 0 aliphatic heterocycles. The second-order valence-electron chi connectivity index (χ2n) is 3.46. The number of hydrogen-bond acceptors (Lipinski definition) is 3. The van der Waals surface area contributed by atoms with Crippen molar-refractivity contribution in [1.82, 2.24) is 9.97 Å². The van der Waals surface area contributed by atoms with Gasteiger partial charge in [-0.3, -0.25) is 0 Å². The molecule has 1 rings (SSSR count). The van der Waals surface area contributed by atoms with Gasteiger partial charge in [0.2, 0.25) is 0 Å². The van der Waals surface area contributed by atoms with Crippen LogP contribution >= 0.6 is 0 Å². The number of nitrogens with zero attached hydrogens (tertiary/aromatic N) is 2. The third-order valence-corrected chi connectivity index (χ3v) is 1.99. The van der Waals surface area contributed by atoms with Gasteiger partial charge >= 0.3 is 0 Å². The van der Waals surface area contributed by atoms with E-state index in [-0.39, 0.29) is 6.10 Å². The number of rotatable bonds is 3. The zero-order valence-corrected chi connectivity index (χ0v) is 8.61. The Labute approximate surface area is 79.2 Å². The predicted molar refractivity (Wildman–Crippen MR) is 51.4 cm³/mol. The molecule has 0 unspecified atom stereocenters. The highest BCUT2D eigenvalue weighted by Gasteiger charge is 2.14. The molecule has 72 valence electrons. The van der Waals surface area contributed by atoms with Gasteiger partial charge in [0.1, 0.15) is 5.82 Å². The normalized spacial score (nSPS) is 13.3. The maximum absolute atomic E-state index is 5.36. The summed E-state index contributed by atoms with van der Waals surface area (Å²) in [7, 11) is 1.71. The largest absolute Gasteiger partial charge is 0.376 e. The third-order valence-electron chi connectivity index (χ3n) is 1.99. The Bertz CT molecular complexity index is 256. The van der Waals surface area contributed by atoms with Crippen molar-refractivity contribution in [2.45, 2.75) is 26.9 Å². The van der Waals surface area contributed by atoms with Crippen molar-refractivity contribution in [2.75, 3.05) is 7.11 Å². The molecular formula is C10H16N2O. The van der Waals surface area contributed by atoms with Crippen molar-refractivity contribution >= 4 is 0 Å². The number of hydrogen-bond donors (Lipinski definition) is 0.